The quantitative estimate of drug-likeness (QED) is 0.372. The van der Waals surface area contributed by atoms with Crippen molar-refractivity contribution in [3.8, 4) is 5.75 Å². The van der Waals surface area contributed by atoms with Crippen LogP contribution >= 0.6 is 35.6 Å². The van der Waals surface area contributed by atoms with E-state index in [1.54, 1.807) is 0 Å². The molecule has 0 radical (unpaired) electrons. The van der Waals surface area contributed by atoms with E-state index in [2.05, 4.69) is 27.3 Å². The Kier molecular flexibility index (Phi) is 7.42. The largest absolute Gasteiger partial charge is 0.493 e. The number of para-hydroxylation sites is 1. The van der Waals surface area contributed by atoms with Crippen molar-refractivity contribution < 1.29 is 4.74 Å². The molecule has 1 atom stereocenters. The summed E-state index contributed by atoms with van der Waals surface area (Å²) in [7, 11) is 0. The van der Waals surface area contributed by atoms with Gasteiger partial charge in [0.15, 0.2) is 5.96 Å². The third-order valence-electron chi connectivity index (χ3n) is 5.27. The molecule has 0 fully saturated rings. The number of nitrogens with one attached hydrogen (secondary N) is 1. The van der Waals surface area contributed by atoms with Crippen LogP contribution in [0.25, 0.3) is 0 Å². The summed E-state index contributed by atoms with van der Waals surface area (Å²) in [4.78, 5) is 6.94. The summed E-state index contributed by atoms with van der Waals surface area (Å²) in [5.41, 5.74) is 9.89. The molecule has 0 amide bonds. The molecule has 0 aromatic heterocycles. The highest BCUT2D eigenvalue weighted by atomic mass is 127. The molecular weight excluding hydrogens is 487 g/mol. The van der Waals surface area contributed by atoms with E-state index >= 15 is 0 Å². The van der Waals surface area contributed by atoms with Crippen LogP contribution in [0.3, 0.4) is 0 Å². The summed E-state index contributed by atoms with van der Waals surface area (Å²) in [5, 5.41) is 4.23. The standard InChI is InChI=1S/C21H25ClN4O.HI/c22-18-6-3-4-15-14-26(11-8-16(15)18)12-10-24-21(23)25-19-9-13-27-20-7-2-1-5-17(19)20;/h1-7,19H,8-14H2,(H3,23,24,25);1H. The normalized spacial score (nSPS) is 19.0. The molecule has 7 heteroatoms. The van der Waals surface area contributed by atoms with Gasteiger partial charge in [0, 0.05) is 36.6 Å². The first kappa shape index (κ1) is 21.2. The van der Waals surface area contributed by atoms with Crippen molar-refractivity contribution in [3.05, 3.63) is 64.2 Å². The zero-order valence-electron chi connectivity index (χ0n) is 15.7. The van der Waals surface area contributed by atoms with Crippen molar-refractivity contribution in [1.82, 2.24) is 10.2 Å². The average Bonchev–Trinajstić information content (AvgIpc) is 2.68. The van der Waals surface area contributed by atoms with E-state index in [0.717, 1.165) is 48.8 Å². The van der Waals surface area contributed by atoms with Crippen molar-refractivity contribution in [2.75, 3.05) is 26.2 Å². The molecule has 4 rings (SSSR count). The Labute approximate surface area is 188 Å². The van der Waals surface area contributed by atoms with E-state index in [4.69, 9.17) is 22.1 Å². The Bertz CT molecular complexity index is 845. The Morgan fingerprint density at radius 1 is 1.25 bits per heavy atom. The van der Waals surface area contributed by atoms with Gasteiger partial charge in [-0.2, -0.15) is 0 Å². The number of hydrogen-bond donors (Lipinski definition) is 2. The molecule has 0 saturated carbocycles. The van der Waals surface area contributed by atoms with E-state index in [-0.39, 0.29) is 30.0 Å². The second-order valence-corrected chi connectivity index (χ2v) is 7.45. The van der Waals surface area contributed by atoms with Crippen molar-refractivity contribution >= 4 is 41.5 Å². The van der Waals surface area contributed by atoms with Gasteiger partial charge in [-0.05, 0) is 29.7 Å². The highest BCUT2D eigenvalue weighted by Gasteiger charge is 2.21. The summed E-state index contributed by atoms with van der Waals surface area (Å²) >= 11 is 6.29. The third-order valence-corrected chi connectivity index (χ3v) is 5.62. The van der Waals surface area contributed by atoms with Gasteiger partial charge in [0.25, 0.3) is 0 Å². The maximum atomic E-state index is 6.29. The van der Waals surface area contributed by atoms with Gasteiger partial charge < -0.3 is 15.8 Å². The van der Waals surface area contributed by atoms with Crippen LogP contribution < -0.4 is 15.8 Å². The fraction of sp³-hybridized carbons (Fsp3) is 0.381. The van der Waals surface area contributed by atoms with Gasteiger partial charge in [-0.3, -0.25) is 9.89 Å². The van der Waals surface area contributed by atoms with Crippen LogP contribution in [0.15, 0.2) is 47.5 Å². The zero-order chi connectivity index (χ0) is 18.6. The highest BCUT2D eigenvalue weighted by molar-refractivity contribution is 14.0. The van der Waals surface area contributed by atoms with E-state index in [1.165, 1.54) is 11.1 Å². The molecule has 2 aliphatic rings. The number of benzene rings is 2. The lowest BCUT2D eigenvalue weighted by Gasteiger charge is -2.29. The van der Waals surface area contributed by atoms with Crippen molar-refractivity contribution in [2.24, 2.45) is 10.7 Å². The van der Waals surface area contributed by atoms with Crippen LogP contribution in [0.5, 0.6) is 5.75 Å². The summed E-state index contributed by atoms with van der Waals surface area (Å²) in [6.07, 6.45) is 1.88. The van der Waals surface area contributed by atoms with E-state index in [0.29, 0.717) is 19.1 Å². The second kappa shape index (κ2) is 9.80. The summed E-state index contributed by atoms with van der Waals surface area (Å²) in [5.74, 6) is 1.43. The van der Waals surface area contributed by atoms with Gasteiger partial charge in [0.1, 0.15) is 5.75 Å². The fourth-order valence-electron chi connectivity index (χ4n) is 3.84. The van der Waals surface area contributed by atoms with Crippen molar-refractivity contribution in [3.63, 3.8) is 0 Å². The Balaban J connectivity index is 0.00000225. The second-order valence-electron chi connectivity index (χ2n) is 7.04. The van der Waals surface area contributed by atoms with Gasteiger partial charge in [-0.25, -0.2) is 0 Å². The zero-order valence-corrected chi connectivity index (χ0v) is 18.8. The first-order chi connectivity index (χ1) is 13.2. The smallest absolute Gasteiger partial charge is 0.189 e. The number of rotatable bonds is 4. The lowest BCUT2D eigenvalue weighted by Crippen LogP contribution is -2.38. The van der Waals surface area contributed by atoms with Gasteiger partial charge in [-0.15, -0.1) is 24.0 Å². The molecule has 150 valence electrons. The molecule has 1 unspecified atom stereocenters. The SMILES string of the molecule is I.NC(=NCCN1CCc2c(Cl)cccc2C1)NC1CCOc2ccccc21. The predicted molar refractivity (Wildman–Crippen MR) is 125 cm³/mol. The van der Waals surface area contributed by atoms with Crippen LogP contribution in [0.4, 0.5) is 0 Å². The number of hydrogen-bond acceptors (Lipinski definition) is 3. The minimum Gasteiger partial charge on any atom is -0.493 e. The van der Waals surface area contributed by atoms with E-state index < -0.39 is 0 Å². The molecule has 0 saturated heterocycles. The van der Waals surface area contributed by atoms with E-state index in [1.807, 2.05) is 30.3 Å². The fourth-order valence-corrected chi connectivity index (χ4v) is 4.13. The maximum Gasteiger partial charge on any atom is 0.189 e. The maximum absolute atomic E-state index is 6.29. The molecule has 0 bridgehead atoms. The van der Waals surface area contributed by atoms with Crippen LogP contribution in [-0.4, -0.2) is 37.1 Å². The Morgan fingerprint density at radius 2 is 2.11 bits per heavy atom. The first-order valence-corrected chi connectivity index (χ1v) is 9.85. The Morgan fingerprint density at radius 3 is 3.00 bits per heavy atom. The van der Waals surface area contributed by atoms with Gasteiger partial charge in [0.2, 0.25) is 0 Å². The number of aliphatic imine (C=N–C) groups is 1. The number of fused-ring (bicyclic) bond motifs is 2. The van der Waals surface area contributed by atoms with Crippen LogP contribution in [0.2, 0.25) is 5.02 Å². The molecule has 3 N–H and O–H groups in total. The molecule has 0 spiro atoms. The topological polar surface area (TPSA) is 62.9 Å². The molecule has 2 heterocycles. The molecule has 2 aromatic rings. The van der Waals surface area contributed by atoms with Crippen molar-refractivity contribution in [2.45, 2.75) is 25.4 Å². The number of ether oxygens (including phenoxy) is 1. The van der Waals surface area contributed by atoms with Gasteiger partial charge in [0.05, 0.1) is 19.2 Å². The van der Waals surface area contributed by atoms with Crippen LogP contribution in [-0.2, 0) is 13.0 Å². The summed E-state index contributed by atoms with van der Waals surface area (Å²) in [6.45, 7) is 4.19. The molecule has 2 aliphatic heterocycles. The molecule has 2 aromatic carbocycles. The van der Waals surface area contributed by atoms with E-state index in [9.17, 15) is 0 Å². The number of halogens is 2. The van der Waals surface area contributed by atoms with Crippen LogP contribution in [0.1, 0.15) is 29.2 Å². The average molecular weight is 513 g/mol. The number of nitrogens with zero attached hydrogens (tertiary/aromatic N) is 2. The molecule has 28 heavy (non-hydrogen) atoms. The summed E-state index contributed by atoms with van der Waals surface area (Å²) in [6, 6.07) is 14.4. The summed E-state index contributed by atoms with van der Waals surface area (Å²) < 4.78 is 5.70. The minimum atomic E-state index is 0. The molecular formula is C21H26ClIN4O. The van der Waals surface area contributed by atoms with Crippen LogP contribution in [0, 0.1) is 0 Å². The number of nitrogens with two attached hydrogens (primary N) is 1. The van der Waals surface area contributed by atoms with Gasteiger partial charge in [-0.1, -0.05) is 41.9 Å². The number of guanidine groups is 1. The first-order valence-electron chi connectivity index (χ1n) is 9.47. The monoisotopic (exact) mass is 512 g/mol. The molecule has 0 aliphatic carbocycles. The minimum absolute atomic E-state index is 0. The van der Waals surface area contributed by atoms with Crippen molar-refractivity contribution in [1.29, 1.82) is 0 Å². The molecule has 5 nitrogen and oxygen atoms in total. The Hall–Kier alpha value is -1.51. The predicted octanol–water partition coefficient (Wildman–Crippen LogP) is 3.74. The van der Waals surface area contributed by atoms with Gasteiger partial charge >= 0.3 is 0 Å². The highest BCUT2D eigenvalue weighted by Crippen LogP contribution is 2.31. The third kappa shape index (κ3) is 4.90. The lowest BCUT2D eigenvalue weighted by molar-refractivity contribution is 0.259. The lowest BCUT2D eigenvalue weighted by atomic mass is 10.00.